The van der Waals surface area contributed by atoms with E-state index in [1.165, 1.54) is 0 Å². The van der Waals surface area contributed by atoms with Crippen molar-refractivity contribution in [3.05, 3.63) is 70.8 Å². The van der Waals surface area contributed by atoms with E-state index in [0.29, 0.717) is 18.8 Å². The standard InChI is InChI=1S/C22H21N3O3S/c1-15-14-28-20-7-3-2-6-17(20)24(15)13-22(26)25-18(21-9-5-11-29-21)12-16(23-25)19-8-4-10-27-19/h2-11,15,18H,12-14H2,1H3/t15-,18+/m1/s1. The third-order valence-corrected chi connectivity index (χ3v) is 6.31. The molecule has 2 atom stereocenters. The lowest BCUT2D eigenvalue weighted by Gasteiger charge is -2.37. The Morgan fingerprint density at radius 2 is 2.10 bits per heavy atom. The van der Waals surface area contributed by atoms with Gasteiger partial charge in [-0.25, -0.2) is 5.01 Å². The van der Waals surface area contributed by atoms with Gasteiger partial charge in [-0.1, -0.05) is 18.2 Å². The average Bonchev–Trinajstić information content (AvgIpc) is 3.49. The predicted octanol–water partition coefficient (Wildman–Crippen LogP) is 4.31. The largest absolute Gasteiger partial charge is 0.489 e. The Hall–Kier alpha value is -3.06. The molecule has 1 aromatic carbocycles. The maximum absolute atomic E-state index is 13.4. The molecule has 2 aliphatic heterocycles. The number of rotatable bonds is 4. The van der Waals surface area contributed by atoms with Gasteiger partial charge >= 0.3 is 0 Å². The minimum absolute atomic E-state index is 0.0338. The van der Waals surface area contributed by atoms with Crippen molar-refractivity contribution in [2.45, 2.75) is 25.4 Å². The summed E-state index contributed by atoms with van der Waals surface area (Å²) in [6, 6.07) is 15.6. The highest BCUT2D eigenvalue weighted by Gasteiger charge is 2.36. The number of thiophene rings is 1. The molecule has 0 saturated heterocycles. The first-order valence-corrected chi connectivity index (χ1v) is 10.5. The van der Waals surface area contributed by atoms with Gasteiger partial charge in [0.1, 0.15) is 23.8 Å². The summed E-state index contributed by atoms with van der Waals surface area (Å²) >= 11 is 1.64. The van der Waals surface area contributed by atoms with Crippen LogP contribution in [0.5, 0.6) is 5.75 Å². The zero-order valence-corrected chi connectivity index (χ0v) is 16.8. The number of carbonyl (C=O) groups excluding carboxylic acids is 1. The number of furan rings is 1. The highest BCUT2D eigenvalue weighted by atomic mass is 32.1. The summed E-state index contributed by atoms with van der Waals surface area (Å²) in [6.07, 6.45) is 2.28. The van der Waals surface area contributed by atoms with Crippen molar-refractivity contribution in [2.75, 3.05) is 18.1 Å². The van der Waals surface area contributed by atoms with E-state index in [1.807, 2.05) is 47.8 Å². The number of nitrogens with zero attached hydrogens (tertiary/aromatic N) is 3. The molecule has 0 spiro atoms. The lowest BCUT2D eigenvalue weighted by molar-refractivity contribution is -0.131. The topological polar surface area (TPSA) is 58.3 Å². The summed E-state index contributed by atoms with van der Waals surface area (Å²) in [7, 11) is 0. The molecule has 1 amide bonds. The van der Waals surface area contributed by atoms with Crippen LogP contribution < -0.4 is 9.64 Å². The minimum Gasteiger partial charge on any atom is -0.489 e. The Balaban J connectivity index is 1.44. The lowest BCUT2D eigenvalue weighted by atomic mass is 10.1. The van der Waals surface area contributed by atoms with Crippen LogP contribution in [0.2, 0.25) is 0 Å². The van der Waals surface area contributed by atoms with Crippen LogP contribution in [0.1, 0.15) is 30.0 Å². The second-order valence-corrected chi connectivity index (χ2v) is 8.23. The monoisotopic (exact) mass is 407 g/mol. The van der Waals surface area contributed by atoms with E-state index in [2.05, 4.69) is 23.0 Å². The second kappa shape index (κ2) is 7.40. The van der Waals surface area contributed by atoms with E-state index in [4.69, 9.17) is 9.15 Å². The third kappa shape index (κ3) is 3.31. The summed E-state index contributed by atoms with van der Waals surface area (Å²) < 4.78 is 11.3. The Labute approximate surface area is 173 Å². The maximum Gasteiger partial charge on any atom is 0.262 e. The van der Waals surface area contributed by atoms with Gasteiger partial charge in [0.05, 0.1) is 30.6 Å². The minimum atomic E-state index is -0.103. The molecule has 5 rings (SSSR count). The SMILES string of the molecule is C[C@@H]1COc2ccccc2N1CC(=O)N1N=C(c2ccco2)C[C@H]1c1cccs1. The van der Waals surface area contributed by atoms with Crippen LogP contribution in [-0.2, 0) is 4.79 Å². The quantitative estimate of drug-likeness (QED) is 0.647. The van der Waals surface area contributed by atoms with E-state index in [-0.39, 0.29) is 24.5 Å². The number of ether oxygens (including phenoxy) is 1. The molecule has 2 aliphatic rings. The van der Waals surface area contributed by atoms with Crippen LogP contribution in [0.25, 0.3) is 0 Å². The van der Waals surface area contributed by atoms with Crippen molar-refractivity contribution in [2.24, 2.45) is 5.10 Å². The van der Waals surface area contributed by atoms with Crippen LogP contribution in [-0.4, -0.2) is 35.8 Å². The number of hydrogen-bond acceptors (Lipinski definition) is 6. The van der Waals surface area contributed by atoms with Gasteiger partial charge in [-0.15, -0.1) is 11.3 Å². The van der Waals surface area contributed by atoms with Gasteiger partial charge in [0, 0.05) is 11.3 Å². The summed E-state index contributed by atoms with van der Waals surface area (Å²) in [5.74, 6) is 1.50. The molecule has 0 bridgehead atoms. The summed E-state index contributed by atoms with van der Waals surface area (Å²) in [4.78, 5) is 16.6. The molecule has 0 radical (unpaired) electrons. The number of hydrazone groups is 1. The molecule has 4 heterocycles. The number of anilines is 1. The van der Waals surface area contributed by atoms with Crippen LogP contribution in [0, 0.1) is 0 Å². The molecule has 0 fully saturated rings. The van der Waals surface area contributed by atoms with Gasteiger partial charge in [0.25, 0.3) is 5.91 Å². The number of fused-ring (bicyclic) bond motifs is 1. The number of hydrogen-bond donors (Lipinski definition) is 0. The first-order valence-electron chi connectivity index (χ1n) is 9.66. The van der Waals surface area contributed by atoms with Gasteiger partial charge in [0.2, 0.25) is 0 Å². The Kier molecular flexibility index (Phi) is 4.60. The number of amides is 1. The molecule has 0 aliphatic carbocycles. The molecule has 7 heteroatoms. The van der Waals surface area contributed by atoms with Crippen LogP contribution in [0.15, 0.2) is 69.7 Å². The van der Waals surface area contributed by atoms with Crippen molar-refractivity contribution in [3.63, 3.8) is 0 Å². The molecule has 148 valence electrons. The Bertz CT molecular complexity index is 1030. The van der Waals surface area contributed by atoms with Gasteiger partial charge < -0.3 is 14.1 Å². The molecule has 2 aromatic heterocycles. The van der Waals surface area contributed by atoms with E-state index < -0.39 is 0 Å². The van der Waals surface area contributed by atoms with Gasteiger partial charge in [-0.3, -0.25) is 4.79 Å². The van der Waals surface area contributed by atoms with Crippen molar-refractivity contribution in [1.29, 1.82) is 0 Å². The normalized spacial score (nSPS) is 20.9. The second-order valence-electron chi connectivity index (χ2n) is 7.25. The third-order valence-electron chi connectivity index (χ3n) is 5.34. The van der Waals surface area contributed by atoms with Gasteiger partial charge in [0.15, 0.2) is 0 Å². The Morgan fingerprint density at radius 3 is 2.90 bits per heavy atom. The van der Waals surface area contributed by atoms with Crippen molar-refractivity contribution >= 4 is 28.6 Å². The molecular weight excluding hydrogens is 386 g/mol. The Morgan fingerprint density at radius 1 is 1.21 bits per heavy atom. The van der Waals surface area contributed by atoms with E-state index in [0.717, 1.165) is 22.0 Å². The smallest absolute Gasteiger partial charge is 0.262 e. The molecule has 0 N–H and O–H groups in total. The lowest BCUT2D eigenvalue weighted by Crippen LogP contribution is -2.46. The zero-order chi connectivity index (χ0) is 19.8. The summed E-state index contributed by atoms with van der Waals surface area (Å²) in [5.41, 5.74) is 1.75. The summed E-state index contributed by atoms with van der Waals surface area (Å²) in [5, 5.41) is 8.33. The molecular formula is C22H21N3O3S. The number of benzene rings is 1. The number of carbonyl (C=O) groups is 1. The molecule has 0 saturated carbocycles. The molecule has 29 heavy (non-hydrogen) atoms. The van der Waals surface area contributed by atoms with Crippen LogP contribution in [0.4, 0.5) is 5.69 Å². The fraction of sp³-hybridized carbons (Fsp3) is 0.273. The molecule has 6 nitrogen and oxygen atoms in total. The van der Waals surface area contributed by atoms with E-state index >= 15 is 0 Å². The maximum atomic E-state index is 13.4. The summed E-state index contributed by atoms with van der Waals surface area (Å²) in [6.45, 7) is 2.87. The highest BCUT2D eigenvalue weighted by Crippen LogP contribution is 2.37. The first-order chi connectivity index (χ1) is 14.2. The molecule has 3 aromatic rings. The van der Waals surface area contributed by atoms with Crippen molar-refractivity contribution in [3.8, 4) is 5.75 Å². The fourth-order valence-corrected chi connectivity index (χ4v) is 4.66. The predicted molar refractivity (Wildman–Crippen MR) is 113 cm³/mol. The van der Waals surface area contributed by atoms with Crippen molar-refractivity contribution in [1.82, 2.24) is 5.01 Å². The molecule has 0 unspecified atom stereocenters. The van der Waals surface area contributed by atoms with E-state index in [1.54, 1.807) is 22.6 Å². The van der Waals surface area contributed by atoms with E-state index in [9.17, 15) is 4.79 Å². The van der Waals surface area contributed by atoms with Crippen molar-refractivity contribution < 1.29 is 13.9 Å². The fourth-order valence-electron chi connectivity index (χ4n) is 3.85. The average molecular weight is 407 g/mol. The van der Waals surface area contributed by atoms with Gasteiger partial charge in [-0.05, 0) is 42.6 Å². The zero-order valence-electron chi connectivity index (χ0n) is 16.0. The van der Waals surface area contributed by atoms with Gasteiger partial charge in [-0.2, -0.15) is 5.10 Å². The van der Waals surface area contributed by atoms with Crippen LogP contribution in [0.3, 0.4) is 0 Å². The number of para-hydroxylation sites is 2. The first kappa shape index (κ1) is 18.0. The van der Waals surface area contributed by atoms with Crippen LogP contribution >= 0.6 is 11.3 Å². The highest BCUT2D eigenvalue weighted by molar-refractivity contribution is 7.10.